The van der Waals surface area contributed by atoms with Gasteiger partial charge in [-0.25, -0.2) is 0 Å². The van der Waals surface area contributed by atoms with Crippen molar-refractivity contribution in [1.82, 2.24) is 10.2 Å². The van der Waals surface area contributed by atoms with Crippen LogP contribution in [0.15, 0.2) is 30.3 Å². The maximum Gasteiger partial charge on any atom is 0.226 e. The number of fused-ring (bicyclic) bond motifs is 3. The molecule has 1 amide bonds. The first-order valence-corrected chi connectivity index (χ1v) is 13.2. The zero-order chi connectivity index (χ0) is 21.1. The Balaban J connectivity index is 1.32. The number of benzene rings is 1. The third-order valence-corrected chi connectivity index (χ3v) is 10.1. The van der Waals surface area contributed by atoms with Crippen LogP contribution in [-0.4, -0.2) is 42.4 Å². The number of carbonyl (C=O) groups excluding carboxylic acids is 1. The number of halogens is 1. The van der Waals surface area contributed by atoms with E-state index in [1.54, 1.807) is 0 Å². The van der Waals surface area contributed by atoms with Gasteiger partial charge in [0.25, 0.3) is 0 Å². The van der Waals surface area contributed by atoms with Gasteiger partial charge in [-0.05, 0) is 106 Å². The summed E-state index contributed by atoms with van der Waals surface area (Å²) >= 11 is 6.17. The predicted molar refractivity (Wildman–Crippen MR) is 125 cm³/mol. The number of rotatable bonds is 6. The van der Waals surface area contributed by atoms with Crippen molar-refractivity contribution >= 4 is 17.5 Å². The Morgan fingerprint density at radius 2 is 1.87 bits per heavy atom. The Morgan fingerprint density at radius 3 is 2.58 bits per heavy atom. The molecule has 0 spiro atoms. The number of piperidine rings is 3. The quantitative estimate of drug-likeness (QED) is 0.622. The lowest BCUT2D eigenvalue weighted by Crippen LogP contribution is -2.65. The summed E-state index contributed by atoms with van der Waals surface area (Å²) in [6.45, 7) is 3.52. The Morgan fingerprint density at radius 1 is 1.06 bits per heavy atom. The van der Waals surface area contributed by atoms with Crippen LogP contribution in [0.1, 0.15) is 69.8 Å². The molecule has 1 aromatic rings. The van der Waals surface area contributed by atoms with Crippen LogP contribution in [0.3, 0.4) is 0 Å². The second-order valence-corrected chi connectivity index (χ2v) is 12.3. The van der Waals surface area contributed by atoms with E-state index in [-0.39, 0.29) is 10.8 Å². The highest BCUT2D eigenvalue weighted by molar-refractivity contribution is 6.17. The molecule has 5 atom stereocenters. The Bertz CT molecular complexity index is 837. The van der Waals surface area contributed by atoms with Gasteiger partial charge in [0.2, 0.25) is 5.91 Å². The highest BCUT2D eigenvalue weighted by Crippen LogP contribution is 2.71. The van der Waals surface area contributed by atoms with Crippen LogP contribution >= 0.6 is 11.6 Å². The molecule has 168 valence electrons. The molecule has 31 heavy (non-hydrogen) atoms. The van der Waals surface area contributed by atoms with Crippen LogP contribution in [0, 0.1) is 22.7 Å². The number of nitrogens with one attached hydrogen (secondary N) is 1. The summed E-state index contributed by atoms with van der Waals surface area (Å²) < 4.78 is 0. The van der Waals surface area contributed by atoms with E-state index in [0.29, 0.717) is 29.2 Å². The van der Waals surface area contributed by atoms with Gasteiger partial charge < -0.3 is 10.2 Å². The first-order valence-electron chi connectivity index (χ1n) is 12.7. The topological polar surface area (TPSA) is 32.3 Å². The average Bonchev–Trinajstić information content (AvgIpc) is 2.78. The van der Waals surface area contributed by atoms with Crippen molar-refractivity contribution in [3.8, 4) is 0 Å². The highest BCUT2D eigenvalue weighted by Gasteiger charge is 2.65. The molecule has 3 aliphatic heterocycles. The van der Waals surface area contributed by atoms with Crippen LogP contribution < -0.4 is 5.32 Å². The van der Waals surface area contributed by atoms with Crippen LogP contribution in [0.2, 0.25) is 0 Å². The minimum Gasteiger partial charge on any atom is -0.351 e. The van der Waals surface area contributed by atoms with Crippen molar-refractivity contribution in [3.63, 3.8) is 0 Å². The molecule has 8 rings (SSSR count). The van der Waals surface area contributed by atoms with E-state index in [4.69, 9.17) is 11.6 Å². The molecular formula is C27H37ClN2O. The predicted octanol–water partition coefficient (Wildman–Crippen LogP) is 5.12. The lowest BCUT2D eigenvalue weighted by Gasteiger charge is -2.66. The summed E-state index contributed by atoms with van der Waals surface area (Å²) in [6, 6.07) is 11.6. The van der Waals surface area contributed by atoms with Gasteiger partial charge in [-0.3, -0.25) is 4.79 Å². The van der Waals surface area contributed by atoms with Crippen LogP contribution in [-0.2, 0) is 10.2 Å². The lowest BCUT2D eigenvalue weighted by molar-refractivity contribution is -0.165. The van der Waals surface area contributed by atoms with Gasteiger partial charge >= 0.3 is 0 Å². The van der Waals surface area contributed by atoms with Gasteiger partial charge in [-0.1, -0.05) is 30.3 Å². The molecule has 4 heteroatoms. The van der Waals surface area contributed by atoms with Crippen molar-refractivity contribution in [2.24, 2.45) is 22.7 Å². The fraction of sp³-hybridized carbons (Fsp3) is 0.741. The smallest absolute Gasteiger partial charge is 0.226 e. The third kappa shape index (κ3) is 3.37. The molecule has 3 heterocycles. The summed E-state index contributed by atoms with van der Waals surface area (Å²) in [5, 5.41) is 3.64. The zero-order valence-corrected chi connectivity index (χ0v) is 19.5. The number of nitrogens with zero attached hydrogens (tertiary/aromatic N) is 1. The molecule has 2 unspecified atom stereocenters. The normalized spacial score (nSPS) is 45.1. The minimum atomic E-state index is -0.173. The number of amides is 1. The Labute approximate surface area is 192 Å². The van der Waals surface area contributed by atoms with E-state index in [2.05, 4.69) is 40.5 Å². The fourth-order valence-electron chi connectivity index (χ4n) is 9.18. The molecule has 0 aromatic heterocycles. The second-order valence-electron chi connectivity index (χ2n) is 11.9. The summed E-state index contributed by atoms with van der Waals surface area (Å²) in [5.74, 6) is 2.51. The second kappa shape index (κ2) is 7.48. The van der Waals surface area contributed by atoms with Crippen molar-refractivity contribution < 1.29 is 4.79 Å². The summed E-state index contributed by atoms with van der Waals surface area (Å²) in [6.07, 6.45) is 11.9. The van der Waals surface area contributed by atoms with E-state index in [0.717, 1.165) is 38.1 Å². The van der Waals surface area contributed by atoms with Gasteiger partial charge in [-0.2, -0.15) is 0 Å². The molecule has 6 bridgehead atoms. The fourth-order valence-corrected chi connectivity index (χ4v) is 9.31. The van der Waals surface area contributed by atoms with E-state index < -0.39 is 0 Å². The lowest BCUT2D eigenvalue weighted by atomic mass is 9.37. The average molecular weight is 441 g/mol. The van der Waals surface area contributed by atoms with Gasteiger partial charge in [0.05, 0.1) is 5.41 Å². The Hall–Kier alpha value is -1.06. The molecular weight excluding hydrogens is 404 g/mol. The molecule has 4 aliphatic carbocycles. The van der Waals surface area contributed by atoms with Crippen LogP contribution in [0.4, 0.5) is 0 Å². The van der Waals surface area contributed by atoms with Gasteiger partial charge in [0.15, 0.2) is 0 Å². The van der Waals surface area contributed by atoms with Crippen LogP contribution in [0.5, 0.6) is 0 Å². The van der Waals surface area contributed by atoms with Gasteiger partial charge in [0, 0.05) is 18.5 Å². The number of hydrogen-bond acceptors (Lipinski definition) is 2. The molecule has 1 aromatic carbocycles. The molecule has 1 N–H and O–H groups in total. The van der Waals surface area contributed by atoms with E-state index in [9.17, 15) is 4.79 Å². The van der Waals surface area contributed by atoms with Crippen molar-refractivity contribution in [1.29, 1.82) is 0 Å². The Kier molecular flexibility index (Phi) is 4.96. The van der Waals surface area contributed by atoms with E-state index in [1.807, 2.05) is 0 Å². The van der Waals surface area contributed by atoms with Crippen molar-refractivity contribution in [2.75, 3.05) is 25.5 Å². The van der Waals surface area contributed by atoms with E-state index in [1.165, 1.54) is 57.2 Å². The largest absolute Gasteiger partial charge is 0.351 e. The van der Waals surface area contributed by atoms with Crippen LogP contribution in [0.25, 0.3) is 0 Å². The molecule has 3 saturated heterocycles. The monoisotopic (exact) mass is 440 g/mol. The van der Waals surface area contributed by atoms with Gasteiger partial charge in [-0.15, -0.1) is 11.6 Å². The SMILES string of the molecule is O=C(N[C@@H]1CN2CCC1CC2)C12CC3C[C@](CCCCl)(C1)C[C@@](c1ccccc1)(C3)C2. The van der Waals surface area contributed by atoms with Crippen molar-refractivity contribution in [2.45, 2.75) is 75.7 Å². The first-order chi connectivity index (χ1) is 15.0. The minimum absolute atomic E-state index is 0.173. The molecule has 4 saturated carbocycles. The highest BCUT2D eigenvalue weighted by atomic mass is 35.5. The van der Waals surface area contributed by atoms with Gasteiger partial charge in [0.1, 0.15) is 0 Å². The number of carbonyl (C=O) groups is 1. The molecule has 3 nitrogen and oxygen atoms in total. The first kappa shape index (κ1) is 20.5. The van der Waals surface area contributed by atoms with Crippen molar-refractivity contribution in [3.05, 3.63) is 35.9 Å². The summed E-state index contributed by atoms with van der Waals surface area (Å²) in [7, 11) is 0. The molecule has 7 aliphatic rings. The number of alkyl halides is 1. The maximum absolute atomic E-state index is 14.1. The summed E-state index contributed by atoms with van der Waals surface area (Å²) in [5.41, 5.74) is 1.79. The standard InChI is InChI=1S/C27H37ClN2O/c28-10-4-9-25-13-20-14-26(17-25,22-5-2-1-3-6-22)19-27(15-20,18-25)24(31)29-23-16-30-11-7-21(23)8-12-30/h1-3,5-6,20-21,23H,4,7-19H2,(H,29,31)/t20?,23-,25+,26+,27?/m1/s1. The molecule has 0 radical (unpaired) electrons. The van der Waals surface area contributed by atoms with E-state index >= 15 is 0 Å². The summed E-state index contributed by atoms with van der Waals surface area (Å²) in [4.78, 5) is 16.6. The zero-order valence-electron chi connectivity index (χ0n) is 18.8. The third-order valence-electron chi connectivity index (χ3n) is 9.87. The molecule has 7 fully saturated rings. The maximum atomic E-state index is 14.1. The number of hydrogen-bond donors (Lipinski definition) is 1.